The smallest absolute Gasteiger partial charge is 0.158 e. The molecule has 32 heavy (non-hydrogen) atoms. The SMILES string of the molecule is Br.Br.NC(CCCCCCCc1ccc(O)c(O)c1)Nc1cccc2cc(O)c(O)cc12. The molecule has 0 aliphatic rings. The third-order valence-electron chi connectivity index (χ3n) is 5.34. The van der Waals surface area contributed by atoms with Crippen molar-refractivity contribution < 1.29 is 20.4 Å². The Kier molecular flexibility index (Phi) is 11.7. The van der Waals surface area contributed by atoms with Crippen molar-refractivity contribution in [1.82, 2.24) is 0 Å². The molecule has 0 aromatic heterocycles. The summed E-state index contributed by atoms with van der Waals surface area (Å²) in [7, 11) is 0. The summed E-state index contributed by atoms with van der Waals surface area (Å²) >= 11 is 0. The largest absolute Gasteiger partial charge is 0.504 e. The maximum atomic E-state index is 9.79. The number of hydrogen-bond donors (Lipinski definition) is 6. The average Bonchev–Trinajstić information content (AvgIpc) is 2.71. The predicted molar refractivity (Wildman–Crippen MR) is 141 cm³/mol. The highest BCUT2D eigenvalue weighted by Crippen LogP contribution is 2.34. The molecule has 1 unspecified atom stereocenters. The Bertz CT molecular complexity index is 1000. The van der Waals surface area contributed by atoms with E-state index in [4.69, 9.17) is 5.73 Å². The van der Waals surface area contributed by atoms with E-state index in [2.05, 4.69) is 5.32 Å². The molecule has 0 fully saturated rings. The number of rotatable bonds is 10. The Morgan fingerprint density at radius 2 is 1.38 bits per heavy atom. The van der Waals surface area contributed by atoms with Gasteiger partial charge in [0.2, 0.25) is 0 Å². The lowest BCUT2D eigenvalue weighted by Crippen LogP contribution is -2.29. The number of fused-ring (bicyclic) bond motifs is 1. The molecule has 176 valence electrons. The monoisotopic (exact) mass is 570 g/mol. The van der Waals surface area contributed by atoms with Gasteiger partial charge in [0.15, 0.2) is 23.0 Å². The quantitative estimate of drug-likeness (QED) is 0.0994. The number of unbranched alkanes of at least 4 members (excludes halogenated alkanes) is 4. The van der Waals surface area contributed by atoms with Gasteiger partial charge in [-0.15, -0.1) is 34.0 Å². The summed E-state index contributed by atoms with van der Waals surface area (Å²) in [5.41, 5.74) is 8.11. The first-order chi connectivity index (χ1) is 14.4. The van der Waals surface area contributed by atoms with Gasteiger partial charge >= 0.3 is 0 Å². The second-order valence-corrected chi connectivity index (χ2v) is 7.75. The number of phenolic OH excluding ortho intramolecular Hbond substituents is 4. The van der Waals surface area contributed by atoms with Crippen molar-refractivity contribution in [2.24, 2.45) is 5.73 Å². The summed E-state index contributed by atoms with van der Waals surface area (Å²) in [6.45, 7) is 0. The van der Waals surface area contributed by atoms with E-state index in [1.807, 2.05) is 24.3 Å². The number of nitrogens with one attached hydrogen (secondary N) is 1. The van der Waals surface area contributed by atoms with Crippen molar-refractivity contribution in [1.29, 1.82) is 0 Å². The molecule has 0 amide bonds. The highest BCUT2D eigenvalue weighted by atomic mass is 79.9. The van der Waals surface area contributed by atoms with Crippen molar-refractivity contribution in [2.45, 2.75) is 51.1 Å². The van der Waals surface area contributed by atoms with Gasteiger partial charge in [-0.1, -0.05) is 43.9 Å². The third-order valence-corrected chi connectivity index (χ3v) is 5.34. The molecule has 8 heteroatoms. The molecular weight excluding hydrogens is 540 g/mol. The minimum atomic E-state index is -0.188. The Balaban J connectivity index is 0.00000256. The maximum Gasteiger partial charge on any atom is 0.158 e. The maximum absolute atomic E-state index is 9.79. The Labute approximate surface area is 209 Å². The normalized spacial score (nSPS) is 11.4. The van der Waals surface area contributed by atoms with Gasteiger partial charge in [0.05, 0.1) is 6.17 Å². The van der Waals surface area contributed by atoms with Crippen LogP contribution in [0.25, 0.3) is 10.8 Å². The number of anilines is 1. The zero-order valence-corrected chi connectivity index (χ0v) is 21.3. The van der Waals surface area contributed by atoms with Crippen LogP contribution in [0.3, 0.4) is 0 Å². The number of aryl methyl sites for hydroxylation is 1. The van der Waals surface area contributed by atoms with E-state index >= 15 is 0 Å². The van der Waals surface area contributed by atoms with Gasteiger partial charge in [-0.25, -0.2) is 0 Å². The van der Waals surface area contributed by atoms with Crippen LogP contribution in [0.5, 0.6) is 23.0 Å². The Hall–Kier alpha value is -2.16. The van der Waals surface area contributed by atoms with Crippen LogP contribution >= 0.6 is 34.0 Å². The van der Waals surface area contributed by atoms with E-state index in [9.17, 15) is 20.4 Å². The minimum Gasteiger partial charge on any atom is -0.504 e. The first-order valence-electron chi connectivity index (χ1n) is 10.4. The minimum absolute atomic E-state index is 0. The molecule has 0 bridgehead atoms. The number of benzene rings is 3. The number of halogens is 2. The second kappa shape index (κ2) is 13.4. The van der Waals surface area contributed by atoms with Gasteiger partial charge in [-0.2, -0.15) is 0 Å². The second-order valence-electron chi connectivity index (χ2n) is 7.75. The number of nitrogens with two attached hydrogens (primary N) is 1. The first-order valence-corrected chi connectivity index (χ1v) is 10.4. The molecule has 7 N–H and O–H groups in total. The van der Waals surface area contributed by atoms with Crippen LogP contribution in [-0.2, 0) is 6.42 Å². The van der Waals surface area contributed by atoms with Crippen LogP contribution in [0.15, 0.2) is 48.5 Å². The molecule has 0 aliphatic heterocycles. The molecule has 0 spiro atoms. The topological polar surface area (TPSA) is 119 Å². The van der Waals surface area contributed by atoms with Gasteiger partial charge in [0.25, 0.3) is 0 Å². The molecule has 3 aromatic carbocycles. The van der Waals surface area contributed by atoms with Gasteiger partial charge in [-0.3, -0.25) is 0 Å². The van der Waals surface area contributed by atoms with Crippen LogP contribution in [0.2, 0.25) is 0 Å². The van der Waals surface area contributed by atoms with Gasteiger partial charge in [0, 0.05) is 11.1 Å². The highest BCUT2D eigenvalue weighted by Gasteiger charge is 2.09. The molecule has 1 atom stereocenters. The van der Waals surface area contributed by atoms with Crippen molar-refractivity contribution in [3.63, 3.8) is 0 Å². The van der Waals surface area contributed by atoms with E-state index in [0.29, 0.717) is 0 Å². The van der Waals surface area contributed by atoms with Crippen LogP contribution in [0, 0.1) is 0 Å². The fourth-order valence-corrected chi connectivity index (χ4v) is 3.65. The molecule has 0 saturated carbocycles. The lowest BCUT2D eigenvalue weighted by Gasteiger charge is -2.17. The van der Waals surface area contributed by atoms with Crippen LogP contribution < -0.4 is 11.1 Å². The summed E-state index contributed by atoms with van der Waals surface area (Å²) < 4.78 is 0. The van der Waals surface area contributed by atoms with Crippen molar-refractivity contribution >= 4 is 50.4 Å². The fraction of sp³-hybridized carbons (Fsp3) is 0.333. The lowest BCUT2D eigenvalue weighted by molar-refractivity contribution is 0.403. The number of aromatic hydroxyl groups is 4. The van der Waals surface area contributed by atoms with Gasteiger partial charge < -0.3 is 31.5 Å². The van der Waals surface area contributed by atoms with Crippen molar-refractivity contribution in [3.8, 4) is 23.0 Å². The summed E-state index contributed by atoms with van der Waals surface area (Å²) in [4.78, 5) is 0. The van der Waals surface area contributed by atoms with E-state index < -0.39 is 0 Å². The molecular formula is C24H32Br2N2O4. The fourth-order valence-electron chi connectivity index (χ4n) is 3.65. The number of hydrogen-bond acceptors (Lipinski definition) is 6. The van der Waals surface area contributed by atoms with Crippen molar-refractivity contribution in [3.05, 3.63) is 54.1 Å². The van der Waals surface area contributed by atoms with Gasteiger partial charge in [0.1, 0.15) is 0 Å². The van der Waals surface area contributed by atoms with Crippen LogP contribution in [0.4, 0.5) is 5.69 Å². The predicted octanol–water partition coefficient (Wildman–Crippen LogP) is 6.10. The van der Waals surface area contributed by atoms with E-state index in [0.717, 1.165) is 67.0 Å². The highest BCUT2D eigenvalue weighted by molar-refractivity contribution is 8.93. The average molecular weight is 572 g/mol. The standard InChI is InChI=1S/C24H30N2O4.2BrH/c25-24(26-19-9-6-8-17-14-22(29)23(30)15-18(17)19)10-5-3-1-2-4-7-16-11-12-20(27)21(28)13-16;;/h6,8-9,11-15,24,26-30H,1-5,7,10,25H2;2*1H. The zero-order chi connectivity index (χ0) is 21.5. The van der Waals surface area contributed by atoms with E-state index in [1.54, 1.807) is 18.2 Å². The summed E-state index contributed by atoms with van der Waals surface area (Å²) in [6.07, 6.45) is 6.93. The van der Waals surface area contributed by atoms with Crippen LogP contribution in [-0.4, -0.2) is 26.6 Å². The summed E-state index contributed by atoms with van der Waals surface area (Å²) in [6, 6.07) is 13.8. The number of phenols is 4. The van der Waals surface area contributed by atoms with E-state index in [1.165, 1.54) is 6.07 Å². The summed E-state index contributed by atoms with van der Waals surface area (Å²) in [5, 5.41) is 43.3. The van der Waals surface area contributed by atoms with E-state index in [-0.39, 0.29) is 63.1 Å². The Morgan fingerprint density at radius 1 is 0.719 bits per heavy atom. The molecule has 0 heterocycles. The molecule has 0 saturated heterocycles. The zero-order valence-electron chi connectivity index (χ0n) is 17.8. The molecule has 0 radical (unpaired) electrons. The molecule has 3 aromatic rings. The van der Waals surface area contributed by atoms with Gasteiger partial charge in [-0.05, 0) is 60.5 Å². The molecule has 0 aliphatic carbocycles. The molecule has 6 nitrogen and oxygen atoms in total. The lowest BCUT2D eigenvalue weighted by atomic mass is 10.0. The Morgan fingerprint density at radius 3 is 2.12 bits per heavy atom. The first kappa shape index (κ1) is 27.9. The molecule has 3 rings (SSSR count). The third kappa shape index (κ3) is 7.76. The van der Waals surface area contributed by atoms with Crippen LogP contribution in [0.1, 0.15) is 44.1 Å². The summed E-state index contributed by atoms with van der Waals surface area (Å²) in [5.74, 6) is -0.423. The van der Waals surface area contributed by atoms with Crippen molar-refractivity contribution in [2.75, 3.05) is 5.32 Å².